The van der Waals surface area contributed by atoms with E-state index < -0.39 is 0 Å². The Morgan fingerprint density at radius 2 is 1.92 bits per heavy atom. The SMILES string of the molecule is C=CCOc1ccc(C=Nn2c(-c3cc(C(C)C)c(OC)cc3C)nc3ccccc3c2=O)cc1I. The van der Waals surface area contributed by atoms with E-state index in [2.05, 4.69) is 54.2 Å². The van der Waals surface area contributed by atoms with E-state index in [1.165, 1.54) is 4.68 Å². The molecule has 0 saturated carbocycles. The Morgan fingerprint density at radius 1 is 1.14 bits per heavy atom. The lowest BCUT2D eigenvalue weighted by molar-refractivity contribution is 0.360. The van der Waals surface area contributed by atoms with Crippen molar-refractivity contribution in [1.82, 2.24) is 9.66 Å². The largest absolute Gasteiger partial charge is 0.496 e. The standard InChI is InChI=1S/C29H28IN3O3/c1-6-13-36-26-12-11-20(15-24(26)30)17-31-33-28(32-25-10-8-7-9-21(25)29(33)34)23-16-22(18(2)3)27(35-5)14-19(23)4/h6-12,14-18H,1,13H2,2-5H3. The maximum Gasteiger partial charge on any atom is 0.282 e. The molecule has 7 heteroatoms. The fourth-order valence-corrected chi connectivity index (χ4v) is 4.65. The van der Waals surface area contributed by atoms with Crippen molar-refractivity contribution in [2.75, 3.05) is 13.7 Å². The number of fused-ring (bicyclic) bond motifs is 1. The number of benzene rings is 3. The van der Waals surface area contributed by atoms with Crippen LogP contribution in [0, 0.1) is 10.5 Å². The van der Waals surface area contributed by atoms with Crippen molar-refractivity contribution < 1.29 is 9.47 Å². The van der Waals surface area contributed by atoms with Crippen molar-refractivity contribution in [2.45, 2.75) is 26.7 Å². The van der Waals surface area contributed by atoms with E-state index in [4.69, 9.17) is 14.5 Å². The predicted octanol–water partition coefficient (Wildman–Crippen LogP) is 6.56. The molecular formula is C29H28IN3O3. The van der Waals surface area contributed by atoms with Gasteiger partial charge in [-0.1, -0.05) is 38.6 Å². The average molecular weight is 593 g/mol. The van der Waals surface area contributed by atoms with Crippen molar-refractivity contribution in [3.63, 3.8) is 0 Å². The maximum atomic E-state index is 13.6. The van der Waals surface area contributed by atoms with Gasteiger partial charge in [-0.25, -0.2) is 4.98 Å². The molecule has 1 aromatic heterocycles. The van der Waals surface area contributed by atoms with Gasteiger partial charge in [-0.15, -0.1) is 0 Å². The van der Waals surface area contributed by atoms with Crippen LogP contribution >= 0.6 is 22.6 Å². The van der Waals surface area contributed by atoms with Gasteiger partial charge in [0.05, 0.1) is 27.8 Å². The minimum absolute atomic E-state index is 0.228. The smallest absolute Gasteiger partial charge is 0.282 e. The van der Waals surface area contributed by atoms with E-state index in [1.54, 1.807) is 25.5 Å². The lowest BCUT2D eigenvalue weighted by atomic mass is 9.96. The van der Waals surface area contributed by atoms with Crippen LogP contribution in [0.5, 0.6) is 11.5 Å². The molecule has 4 aromatic rings. The number of hydrogen-bond acceptors (Lipinski definition) is 5. The van der Waals surface area contributed by atoms with E-state index in [-0.39, 0.29) is 11.5 Å². The Balaban J connectivity index is 1.89. The van der Waals surface area contributed by atoms with Gasteiger partial charge >= 0.3 is 0 Å². The summed E-state index contributed by atoms with van der Waals surface area (Å²) in [7, 11) is 1.67. The van der Waals surface area contributed by atoms with E-state index in [0.29, 0.717) is 23.3 Å². The van der Waals surface area contributed by atoms with Crippen molar-refractivity contribution in [3.05, 3.63) is 97.9 Å². The number of aryl methyl sites for hydroxylation is 1. The van der Waals surface area contributed by atoms with Crippen LogP contribution in [0.15, 0.2) is 77.1 Å². The summed E-state index contributed by atoms with van der Waals surface area (Å²) >= 11 is 2.22. The summed E-state index contributed by atoms with van der Waals surface area (Å²) in [6.45, 7) is 10.3. The minimum atomic E-state index is -0.228. The highest BCUT2D eigenvalue weighted by Gasteiger charge is 2.18. The van der Waals surface area contributed by atoms with Crippen molar-refractivity contribution >= 4 is 39.7 Å². The first-order valence-electron chi connectivity index (χ1n) is 11.6. The van der Waals surface area contributed by atoms with Crippen LogP contribution in [0.1, 0.15) is 36.5 Å². The molecular weight excluding hydrogens is 565 g/mol. The highest BCUT2D eigenvalue weighted by molar-refractivity contribution is 14.1. The molecule has 0 atom stereocenters. The first-order chi connectivity index (χ1) is 17.3. The van der Waals surface area contributed by atoms with Crippen molar-refractivity contribution in [2.24, 2.45) is 5.10 Å². The lowest BCUT2D eigenvalue weighted by Crippen LogP contribution is -2.20. The molecule has 0 N–H and O–H groups in total. The Kier molecular flexibility index (Phi) is 7.88. The second-order valence-corrected chi connectivity index (χ2v) is 9.83. The molecule has 0 bridgehead atoms. The molecule has 0 fully saturated rings. The fraction of sp³-hybridized carbons (Fsp3) is 0.207. The summed E-state index contributed by atoms with van der Waals surface area (Å²) in [5.74, 6) is 2.30. The van der Waals surface area contributed by atoms with Gasteiger partial charge in [0, 0.05) is 5.56 Å². The van der Waals surface area contributed by atoms with Crippen LogP contribution in [0.2, 0.25) is 0 Å². The van der Waals surface area contributed by atoms with Crippen LogP contribution in [0.4, 0.5) is 0 Å². The lowest BCUT2D eigenvalue weighted by Gasteiger charge is -2.17. The van der Waals surface area contributed by atoms with Crippen LogP contribution < -0.4 is 15.0 Å². The molecule has 0 radical (unpaired) electrons. The number of halogens is 1. The van der Waals surface area contributed by atoms with Crippen LogP contribution in [0.25, 0.3) is 22.3 Å². The molecule has 0 saturated heterocycles. The summed E-state index contributed by atoms with van der Waals surface area (Å²) in [5.41, 5.74) is 4.06. The summed E-state index contributed by atoms with van der Waals surface area (Å²) in [6, 6.07) is 17.1. The fourth-order valence-electron chi connectivity index (χ4n) is 3.96. The Hall–Kier alpha value is -3.46. The van der Waals surface area contributed by atoms with E-state index >= 15 is 0 Å². The van der Waals surface area contributed by atoms with Crippen LogP contribution in [-0.4, -0.2) is 29.6 Å². The molecule has 0 unspecified atom stereocenters. The van der Waals surface area contributed by atoms with Crippen LogP contribution in [-0.2, 0) is 0 Å². The number of nitrogens with zero attached hydrogens (tertiary/aromatic N) is 3. The normalized spacial score (nSPS) is 11.4. The van der Waals surface area contributed by atoms with Crippen molar-refractivity contribution in [3.8, 4) is 22.9 Å². The molecule has 36 heavy (non-hydrogen) atoms. The van der Waals surface area contributed by atoms with Crippen LogP contribution in [0.3, 0.4) is 0 Å². The van der Waals surface area contributed by atoms with E-state index in [9.17, 15) is 4.79 Å². The second-order valence-electron chi connectivity index (χ2n) is 8.67. The minimum Gasteiger partial charge on any atom is -0.496 e. The quantitative estimate of drug-likeness (QED) is 0.132. The Labute approximate surface area is 224 Å². The molecule has 0 aliphatic carbocycles. The molecule has 4 rings (SSSR count). The summed E-state index contributed by atoms with van der Waals surface area (Å²) in [4.78, 5) is 18.5. The van der Waals surface area contributed by atoms with E-state index in [0.717, 1.165) is 37.3 Å². The number of hydrogen-bond donors (Lipinski definition) is 0. The van der Waals surface area contributed by atoms with Gasteiger partial charge in [0.1, 0.15) is 18.1 Å². The van der Waals surface area contributed by atoms with Gasteiger partial charge in [-0.3, -0.25) is 4.79 Å². The van der Waals surface area contributed by atoms with Gasteiger partial charge in [0.15, 0.2) is 5.82 Å². The van der Waals surface area contributed by atoms with Crippen molar-refractivity contribution in [1.29, 1.82) is 0 Å². The average Bonchev–Trinajstić information content (AvgIpc) is 2.87. The number of para-hydroxylation sites is 1. The third-order valence-corrected chi connectivity index (χ3v) is 6.67. The monoisotopic (exact) mass is 593 g/mol. The zero-order valence-electron chi connectivity index (χ0n) is 20.8. The first-order valence-corrected chi connectivity index (χ1v) is 12.7. The van der Waals surface area contributed by atoms with E-state index in [1.807, 2.05) is 49.4 Å². The number of ether oxygens (including phenoxy) is 2. The topological polar surface area (TPSA) is 65.7 Å². The van der Waals surface area contributed by atoms with Gasteiger partial charge in [0.25, 0.3) is 5.56 Å². The zero-order valence-corrected chi connectivity index (χ0v) is 22.9. The zero-order chi connectivity index (χ0) is 25.8. The number of aromatic nitrogens is 2. The summed E-state index contributed by atoms with van der Waals surface area (Å²) in [5, 5.41) is 5.13. The summed E-state index contributed by atoms with van der Waals surface area (Å²) in [6.07, 6.45) is 3.38. The molecule has 0 spiro atoms. The highest BCUT2D eigenvalue weighted by atomic mass is 127. The third-order valence-electron chi connectivity index (χ3n) is 5.83. The molecule has 1 heterocycles. The molecule has 0 amide bonds. The molecule has 6 nitrogen and oxygen atoms in total. The van der Waals surface area contributed by atoms with Gasteiger partial charge in [0.2, 0.25) is 0 Å². The van der Waals surface area contributed by atoms with Gasteiger partial charge < -0.3 is 9.47 Å². The molecule has 184 valence electrons. The number of methoxy groups -OCH3 is 1. The third kappa shape index (κ3) is 5.21. The first kappa shape index (κ1) is 25.6. The molecule has 3 aromatic carbocycles. The highest BCUT2D eigenvalue weighted by Crippen LogP contribution is 2.34. The summed E-state index contributed by atoms with van der Waals surface area (Å²) < 4.78 is 13.6. The Morgan fingerprint density at radius 3 is 2.61 bits per heavy atom. The predicted molar refractivity (Wildman–Crippen MR) is 155 cm³/mol. The maximum absolute atomic E-state index is 13.6. The molecule has 0 aliphatic rings. The Bertz CT molecular complexity index is 1520. The number of rotatable bonds is 8. The second kappa shape index (κ2) is 11.1. The van der Waals surface area contributed by atoms with Gasteiger partial charge in [-0.2, -0.15) is 9.78 Å². The van der Waals surface area contributed by atoms with Gasteiger partial charge in [-0.05, 0) is 94.6 Å². The molecule has 0 aliphatic heterocycles.